The van der Waals surface area contributed by atoms with Crippen molar-refractivity contribution in [3.63, 3.8) is 0 Å². The van der Waals surface area contributed by atoms with E-state index >= 15 is 0 Å². The highest BCUT2D eigenvalue weighted by molar-refractivity contribution is 5.69. The summed E-state index contributed by atoms with van der Waals surface area (Å²) in [4.78, 5) is 11.0. The number of esters is 1. The molecule has 0 aliphatic rings. The Labute approximate surface area is 101 Å². The lowest BCUT2D eigenvalue weighted by Gasteiger charge is -2.04. The van der Waals surface area contributed by atoms with E-state index in [0.29, 0.717) is 31.7 Å². The van der Waals surface area contributed by atoms with E-state index in [9.17, 15) is 4.79 Å². The van der Waals surface area contributed by atoms with Gasteiger partial charge in [0.15, 0.2) is 0 Å². The van der Waals surface area contributed by atoms with Crippen LogP contribution in [0.3, 0.4) is 0 Å². The maximum absolute atomic E-state index is 11.0. The van der Waals surface area contributed by atoms with E-state index in [-0.39, 0.29) is 5.97 Å². The van der Waals surface area contributed by atoms with Crippen LogP contribution in [0.1, 0.15) is 24.5 Å². The molecule has 0 unspecified atom stereocenters. The minimum Gasteiger partial charge on any atom is -0.466 e. The second-order valence-corrected chi connectivity index (χ2v) is 3.54. The monoisotopic (exact) mass is 232 g/mol. The number of nitrogens with one attached hydrogen (secondary N) is 1. The summed E-state index contributed by atoms with van der Waals surface area (Å²) < 4.78 is 4.81. The van der Waals surface area contributed by atoms with Crippen molar-refractivity contribution in [2.45, 2.75) is 19.9 Å². The van der Waals surface area contributed by atoms with E-state index in [1.54, 1.807) is 19.1 Å². The van der Waals surface area contributed by atoms with Crippen LogP contribution in [0.15, 0.2) is 24.3 Å². The maximum Gasteiger partial charge on any atom is 0.307 e. The summed E-state index contributed by atoms with van der Waals surface area (Å²) >= 11 is 0. The molecule has 1 aromatic rings. The zero-order chi connectivity index (χ0) is 12.5. The van der Waals surface area contributed by atoms with Gasteiger partial charge in [0.1, 0.15) is 0 Å². The van der Waals surface area contributed by atoms with E-state index in [1.165, 1.54) is 0 Å². The highest BCUT2D eigenvalue weighted by atomic mass is 16.5. The van der Waals surface area contributed by atoms with Crippen LogP contribution in [-0.4, -0.2) is 19.1 Å². The minimum absolute atomic E-state index is 0.181. The molecule has 0 amide bonds. The van der Waals surface area contributed by atoms with Crippen molar-refractivity contribution in [2.24, 2.45) is 0 Å². The standard InChI is InChI=1S/C13H16N2O2/c1-2-17-13(16)7-8-15-10-12-5-3-11(9-14)4-6-12/h3-6,15H,2,7-8,10H2,1H3. The molecule has 0 radical (unpaired) electrons. The number of nitrogens with zero attached hydrogens (tertiary/aromatic N) is 1. The molecule has 0 saturated heterocycles. The van der Waals surface area contributed by atoms with E-state index in [2.05, 4.69) is 11.4 Å². The first-order valence-electron chi connectivity index (χ1n) is 5.61. The summed E-state index contributed by atoms with van der Waals surface area (Å²) in [7, 11) is 0. The van der Waals surface area contributed by atoms with Gasteiger partial charge in [-0.2, -0.15) is 5.26 Å². The topological polar surface area (TPSA) is 62.1 Å². The van der Waals surface area contributed by atoms with Crippen LogP contribution in [-0.2, 0) is 16.1 Å². The molecule has 0 atom stereocenters. The van der Waals surface area contributed by atoms with Crippen molar-refractivity contribution >= 4 is 5.97 Å². The molecular formula is C13H16N2O2. The third-order valence-electron chi connectivity index (χ3n) is 2.22. The lowest BCUT2D eigenvalue weighted by molar-refractivity contribution is -0.142. The molecule has 1 N–H and O–H groups in total. The number of ether oxygens (including phenoxy) is 1. The SMILES string of the molecule is CCOC(=O)CCNCc1ccc(C#N)cc1. The van der Waals surface area contributed by atoms with Crippen molar-refractivity contribution in [1.29, 1.82) is 5.26 Å². The average Bonchev–Trinajstić information content (AvgIpc) is 2.36. The number of rotatable bonds is 6. The van der Waals surface area contributed by atoms with Gasteiger partial charge in [0.25, 0.3) is 0 Å². The van der Waals surface area contributed by atoms with Crippen LogP contribution in [0.4, 0.5) is 0 Å². The van der Waals surface area contributed by atoms with Gasteiger partial charge in [-0.25, -0.2) is 0 Å². The van der Waals surface area contributed by atoms with Crippen LogP contribution >= 0.6 is 0 Å². The van der Waals surface area contributed by atoms with Gasteiger partial charge in [0.2, 0.25) is 0 Å². The highest BCUT2D eigenvalue weighted by Gasteiger charge is 2.00. The molecule has 4 heteroatoms. The second-order valence-electron chi connectivity index (χ2n) is 3.54. The Morgan fingerprint density at radius 3 is 2.71 bits per heavy atom. The Bertz CT molecular complexity index is 393. The van der Waals surface area contributed by atoms with Crippen molar-refractivity contribution in [1.82, 2.24) is 5.32 Å². The first-order chi connectivity index (χ1) is 8.26. The Balaban J connectivity index is 2.22. The molecule has 17 heavy (non-hydrogen) atoms. The summed E-state index contributed by atoms with van der Waals surface area (Å²) in [5.74, 6) is -0.181. The first kappa shape index (κ1) is 13.2. The molecule has 0 aliphatic carbocycles. The number of benzene rings is 1. The molecule has 4 nitrogen and oxygen atoms in total. The van der Waals surface area contributed by atoms with Crippen molar-refractivity contribution < 1.29 is 9.53 Å². The Hall–Kier alpha value is -1.86. The smallest absolute Gasteiger partial charge is 0.307 e. The van der Waals surface area contributed by atoms with Gasteiger partial charge in [-0.3, -0.25) is 4.79 Å². The zero-order valence-corrected chi connectivity index (χ0v) is 9.90. The molecule has 0 bridgehead atoms. The van der Waals surface area contributed by atoms with Gasteiger partial charge in [0, 0.05) is 13.1 Å². The molecular weight excluding hydrogens is 216 g/mol. The largest absolute Gasteiger partial charge is 0.466 e. The number of hydrogen-bond donors (Lipinski definition) is 1. The molecule has 1 rings (SSSR count). The van der Waals surface area contributed by atoms with E-state index in [1.807, 2.05) is 12.1 Å². The first-order valence-corrected chi connectivity index (χ1v) is 5.61. The van der Waals surface area contributed by atoms with Crippen LogP contribution < -0.4 is 5.32 Å². The van der Waals surface area contributed by atoms with Gasteiger partial charge >= 0.3 is 5.97 Å². The molecule has 0 aliphatic heterocycles. The lowest BCUT2D eigenvalue weighted by Crippen LogP contribution is -2.18. The summed E-state index contributed by atoms with van der Waals surface area (Å²) in [5, 5.41) is 11.8. The Morgan fingerprint density at radius 1 is 1.41 bits per heavy atom. The van der Waals surface area contributed by atoms with Crippen molar-refractivity contribution in [3.05, 3.63) is 35.4 Å². The van der Waals surface area contributed by atoms with E-state index < -0.39 is 0 Å². The molecule has 90 valence electrons. The second kappa shape index (κ2) is 7.42. The number of carbonyl (C=O) groups is 1. The van der Waals surface area contributed by atoms with Gasteiger partial charge in [-0.05, 0) is 24.6 Å². The third kappa shape index (κ3) is 5.14. The lowest BCUT2D eigenvalue weighted by atomic mass is 10.1. The van der Waals surface area contributed by atoms with Crippen LogP contribution in [0.25, 0.3) is 0 Å². The van der Waals surface area contributed by atoms with E-state index in [0.717, 1.165) is 5.56 Å². The van der Waals surface area contributed by atoms with Gasteiger partial charge in [-0.1, -0.05) is 12.1 Å². The fraction of sp³-hybridized carbons (Fsp3) is 0.385. The Kier molecular flexibility index (Phi) is 5.76. The molecule has 0 aromatic heterocycles. The number of nitriles is 1. The van der Waals surface area contributed by atoms with Crippen LogP contribution in [0, 0.1) is 11.3 Å². The minimum atomic E-state index is -0.181. The van der Waals surface area contributed by atoms with Gasteiger partial charge in [0.05, 0.1) is 24.7 Å². The molecule has 0 saturated carbocycles. The fourth-order valence-electron chi connectivity index (χ4n) is 1.35. The molecule has 0 heterocycles. The average molecular weight is 232 g/mol. The normalized spacial score (nSPS) is 9.65. The summed E-state index contributed by atoms with van der Waals surface area (Å²) in [6.07, 6.45) is 0.379. The molecule has 0 fully saturated rings. The summed E-state index contributed by atoms with van der Waals surface area (Å²) in [5.41, 5.74) is 1.74. The molecule has 0 spiro atoms. The quantitative estimate of drug-likeness (QED) is 0.597. The molecule has 1 aromatic carbocycles. The van der Waals surface area contributed by atoms with Crippen LogP contribution in [0.2, 0.25) is 0 Å². The van der Waals surface area contributed by atoms with Gasteiger partial charge < -0.3 is 10.1 Å². The number of carbonyl (C=O) groups excluding carboxylic acids is 1. The summed E-state index contributed by atoms with van der Waals surface area (Å²) in [6.45, 7) is 3.50. The maximum atomic E-state index is 11.0. The fourth-order valence-corrected chi connectivity index (χ4v) is 1.35. The predicted molar refractivity (Wildman–Crippen MR) is 64.1 cm³/mol. The summed E-state index contributed by atoms with van der Waals surface area (Å²) in [6, 6.07) is 9.43. The predicted octanol–water partition coefficient (Wildman–Crippen LogP) is 1.60. The van der Waals surface area contributed by atoms with Crippen molar-refractivity contribution in [2.75, 3.05) is 13.2 Å². The highest BCUT2D eigenvalue weighted by Crippen LogP contribution is 2.02. The number of hydrogen-bond acceptors (Lipinski definition) is 4. The Morgan fingerprint density at radius 2 is 2.12 bits per heavy atom. The zero-order valence-electron chi connectivity index (χ0n) is 9.90. The van der Waals surface area contributed by atoms with Crippen LogP contribution in [0.5, 0.6) is 0 Å². The third-order valence-corrected chi connectivity index (χ3v) is 2.22. The van der Waals surface area contributed by atoms with Crippen molar-refractivity contribution in [3.8, 4) is 6.07 Å². The van der Waals surface area contributed by atoms with Gasteiger partial charge in [-0.15, -0.1) is 0 Å². The van der Waals surface area contributed by atoms with E-state index in [4.69, 9.17) is 10.00 Å².